The number of nitrogens with one attached hydrogen (secondary N) is 2. The van der Waals surface area contributed by atoms with Gasteiger partial charge in [0.1, 0.15) is 0 Å². The van der Waals surface area contributed by atoms with Crippen molar-refractivity contribution in [2.24, 2.45) is 11.5 Å². The first-order valence-corrected chi connectivity index (χ1v) is 17.3. The van der Waals surface area contributed by atoms with Crippen LogP contribution in [0.1, 0.15) is 89.4 Å². The molecule has 0 aromatic heterocycles. The number of carbonyl (C=O) groups is 2. The number of nitrogens with zero attached hydrogens (tertiary/aromatic N) is 1. The molecule has 12 heteroatoms. The number of benzene rings is 3. The zero-order valence-corrected chi connectivity index (χ0v) is 26.9. The second-order valence-corrected chi connectivity index (χ2v) is 14.3. The maximum atomic E-state index is 14.5. The summed E-state index contributed by atoms with van der Waals surface area (Å²) in [5, 5.41) is 3.88. The smallest absolute Gasteiger partial charge is 0.255 e. The highest BCUT2D eigenvalue weighted by Crippen LogP contribution is 2.48. The molecule has 2 aliphatic rings. The molecule has 0 radical (unpaired) electrons. The summed E-state index contributed by atoms with van der Waals surface area (Å²) in [6, 6.07) is 17.2. The summed E-state index contributed by atoms with van der Waals surface area (Å²) in [7, 11) is -3.58. The Kier molecular flexibility index (Phi) is 9.69. The van der Waals surface area contributed by atoms with Gasteiger partial charge in [-0.1, -0.05) is 84.6 Å². The number of hydrogen-bond donors (Lipinski definition) is 4. The van der Waals surface area contributed by atoms with E-state index in [9.17, 15) is 18.0 Å². The summed E-state index contributed by atoms with van der Waals surface area (Å²) in [6.45, 7) is 1.88. The van der Waals surface area contributed by atoms with E-state index in [1.807, 2.05) is 31.2 Å². The van der Waals surface area contributed by atoms with Crippen molar-refractivity contribution >= 4 is 45.0 Å². The minimum atomic E-state index is -3.58. The van der Waals surface area contributed by atoms with Gasteiger partial charge in [-0.3, -0.25) is 9.59 Å². The van der Waals surface area contributed by atoms with Crippen molar-refractivity contribution in [2.75, 3.05) is 6.26 Å². The maximum absolute atomic E-state index is 14.5. The lowest BCUT2D eigenvalue weighted by Gasteiger charge is -2.49. The third-order valence-corrected chi connectivity index (χ3v) is 9.87. The minimum absolute atomic E-state index is 0.283. The summed E-state index contributed by atoms with van der Waals surface area (Å²) in [5.74, 6) is -1.45. The van der Waals surface area contributed by atoms with Crippen LogP contribution in [0.5, 0.6) is 0 Å². The number of amides is 2. The van der Waals surface area contributed by atoms with Gasteiger partial charge in [0.2, 0.25) is 15.9 Å². The number of hydrogen-bond acceptors (Lipinski definition) is 6. The zero-order chi connectivity index (χ0) is 31.8. The highest BCUT2D eigenvalue weighted by atomic mass is 35.5. The van der Waals surface area contributed by atoms with Crippen molar-refractivity contribution in [3.05, 3.63) is 105 Å². The Hall–Kier alpha value is -2.99. The molecule has 1 aliphatic heterocycles. The quantitative estimate of drug-likeness (QED) is 0.253. The molecule has 9 nitrogen and oxygen atoms in total. The molecule has 1 saturated carbocycles. The Morgan fingerprint density at radius 2 is 1.61 bits per heavy atom. The molecule has 5 atom stereocenters. The molecule has 234 valence electrons. The lowest BCUT2D eigenvalue weighted by Crippen LogP contribution is -2.59. The minimum Gasteiger partial charge on any atom is -0.349 e. The Bertz CT molecular complexity index is 1650. The average Bonchev–Trinajstić information content (AvgIpc) is 2.97. The van der Waals surface area contributed by atoms with Gasteiger partial charge in [-0.15, -0.1) is 0 Å². The van der Waals surface area contributed by atoms with Crippen LogP contribution in [0.3, 0.4) is 0 Å². The molecule has 3 aromatic rings. The van der Waals surface area contributed by atoms with Gasteiger partial charge in [0.25, 0.3) is 5.91 Å². The number of halogens is 2. The fourth-order valence-electron chi connectivity index (χ4n) is 6.52. The van der Waals surface area contributed by atoms with E-state index < -0.39 is 40.2 Å². The molecule has 0 bridgehead atoms. The van der Waals surface area contributed by atoms with Crippen molar-refractivity contribution in [2.45, 2.75) is 68.9 Å². The molecule has 1 aliphatic carbocycles. The molecule has 1 unspecified atom stereocenters. The molecule has 5 rings (SSSR count). The first-order valence-electron chi connectivity index (χ1n) is 14.6. The molecule has 1 fully saturated rings. The summed E-state index contributed by atoms with van der Waals surface area (Å²) >= 11 is 13.1. The van der Waals surface area contributed by atoms with E-state index in [1.54, 1.807) is 47.4 Å². The molecule has 0 saturated heterocycles. The lowest BCUT2D eigenvalue weighted by molar-refractivity contribution is -0.125. The Morgan fingerprint density at radius 1 is 0.955 bits per heavy atom. The van der Waals surface area contributed by atoms with Crippen LogP contribution in [0.25, 0.3) is 0 Å². The topological polar surface area (TPSA) is 148 Å². The van der Waals surface area contributed by atoms with Crippen LogP contribution in [-0.2, 0) is 14.8 Å². The zero-order valence-electron chi connectivity index (χ0n) is 24.5. The number of nitrogens with two attached hydrogens (primary N) is 2. The van der Waals surface area contributed by atoms with E-state index in [2.05, 4.69) is 10.0 Å². The Balaban J connectivity index is 1.63. The van der Waals surface area contributed by atoms with Gasteiger partial charge in [-0.25, -0.2) is 13.1 Å². The van der Waals surface area contributed by atoms with Crippen LogP contribution in [-0.4, -0.2) is 43.5 Å². The SMILES string of the molecule is CC(NC(=O)[C@@H]1c2ccccc2C(=O)N([C@H]2CCCC[C@@H]2NS(C)(=O)=O)[C@H]1c1ccc(Cl)cc1Cl)c1ccc(C(N)N)cc1. The number of fused-ring (bicyclic) bond motifs is 1. The predicted molar refractivity (Wildman–Crippen MR) is 173 cm³/mol. The van der Waals surface area contributed by atoms with Gasteiger partial charge < -0.3 is 21.7 Å². The Labute approximate surface area is 268 Å². The van der Waals surface area contributed by atoms with E-state index in [-0.39, 0.29) is 17.9 Å². The third kappa shape index (κ3) is 6.80. The highest BCUT2D eigenvalue weighted by molar-refractivity contribution is 7.88. The fourth-order valence-corrected chi connectivity index (χ4v) is 7.87. The molecule has 3 aromatic carbocycles. The van der Waals surface area contributed by atoms with Crippen molar-refractivity contribution in [3.8, 4) is 0 Å². The normalized spacial score (nSPS) is 22.9. The molecular formula is C32H37Cl2N5O4S. The van der Waals surface area contributed by atoms with Gasteiger partial charge in [0.15, 0.2) is 0 Å². The standard InChI is InChI=1S/C32H37Cl2N5O4S/c1-18(19-11-13-20(14-12-19)30(35)36)37-31(40)28-22-7-3-4-8-23(22)32(41)39(29(28)24-16-15-21(33)17-25(24)34)27-10-6-5-9-26(27)38-44(2,42)43/h3-4,7-8,11-18,26-30,38H,5-6,9-10,35-36H2,1-2H3,(H,37,40)/t18?,26-,27-,28+,29-/m0/s1. The highest BCUT2D eigenvalue weighted by Gasteiger charge is 2.49. The number of carbonyl (C=O) groups excluding carboxylic acids is 2. The third-order valence-electron chi connectivity index (χ3n) is 8.57. The summed E-state index contributed by atoms with van der Waals surface area (Å²) < 4.78 is 27.6. The van der Waals surface area contributed by atoms with E-state index in [4.69, 9.17) is 34.7 Å². The fraction of sp³-hybridized carbons (Fsp3) is 0.375. The predicted octanol–water partition coefficient (Wildman–Crippen LogP) is 4.93. The summed E-state index contributed by atoms with van der Waals surface area (Å²) in [4.78, 5) is 30.6. The lowest BCUT2D eigenvalue weighted by atomic mass is 9.76. The second-order valence-electron chi connectivity index (χ2n) is 11.7. The van der Waals surface area contributed by atoms with Crippen LogP contribution in [0.2, 0.25) is 10.0 Å². The molecule has 0 spiro atoms. The van der Waals surface area contributed by atoms with Gasteiger partial charge in [-0.2, -0.15) is 0 Å². The van der Waals surface area contributed by atoms with Crippen LogP contribution in [0, 0.1) is 0 Å². The molecular weight excluding hydrogens is 621 g/mol. The van der Waals surface area contributed by atoms with Gasteiger partial charge in [-0.05, 0) is 60.2 Å². The van der Waals surface area contributed by atoms with Gasteiger partial charge >= 0.3 is 0 Å². The maximum Gasteiger partial charge on any atom is 0.255 e. The van der Waals surface area contributed by atoms with E-state index in [0.717, 1.165) is 30.2 Å². The van der Waals surface area contributed by atoms with Crippen LogP contribution in [0.15, 0.2) is 66.7 Å². The van der Waals surface area contributed by atoms with E-state index >= 15 is 0 Å². The van der Waals surface area contributed by atoms with E-state index in [0.29, 0.717) is 39.6 Å². The van der Waals surface area contributed by atoms with E-state index in [1.165, 1.54) is 0 Å². The first-order chi connectivity index (χ1) is 20.9. The number of sulfonamides is 1. The Morgan fingerprint density at radius 3 is 2.27 bits per heavy atom. The monoisotopic (exact) mass is 657 g/mol. The average molecular weight is 659 g/mol. The summed E-state index contributed by atoms with van der Waals surface area (Å²) in [6.07, 6.45) is 3.23. The molecule has 1 heterocycles. The second kappa shape index (κ2) is 13.2. The van der Waals surface area contributed by atoms with Gasteiger partial charge in [0.05, 0.1) is 30.4 Å². The molecule has 2 amide bonds. The van der Waals surface area contributed by atoms with Crippen molar-refractivity contribution < 1.29 is 18.0 Å². The van der Waals surface area contributed by atoms with Gasteiger partial charge in [0, 0.05) is 27.7 Å². The van der Waals surface area contributed by atoms with Crippen molar-refractivity contribution in [1.82, 2.24) is 14.9 Å². The first kappa shape index (κ1) is 32.4. The molecule has 6 N–H and O–H groups in total. The van der Waals surface area contributed by atoms with Crippen LogP contribution >= 0.6 is 23.2 Å². The van der Waals surface area contributed by atoms with Crippen LogP contribution in [0.4, 0.5) is 0 Å². The largest absolute Gasteiger partial charge is 0.349 e. The van der Waals surface area contributed by atoms with Crippen molar-refractivity contribution in [1.29, 1.82) is 0 Å². The summed E-state index contributed by atoms with van der Waals surface area (Å²) in [5.41, 5.74) is 14.7. The van der Waals surface area contributed by atoms with Crippen LogP contribution < -0.4 is 21.5 Å². The number of rotatable bonds is 8. The molecule has 44 heavy (non-hydrogen) atoms. The van der Waals surface area contributed by atoms with Crippen molar-refractivity contribution in [3.63, 3.8) is 0 Å².